The minimum Gasteiger partial charge on any atom is -0.497 e. The maximum Gasteiger partial charge on any atom is 0.227 e. The van der Waals surface area contributed by atoms with Crippen LogP contribution in [0.25, 0.3) is 0 Å². The molecule has 1 heterocycles. The molecular formula is C14H19NO4. The number of benzene rings is 1. The van der Waals surface area contributed by atoms with Crippen molar-refractivity contribution in [3.8, 4) is 11.5 Å². The molecule has 0 aliphatic carbocycles. The lowest BCUT2D eigenvalue weighted by Crippen LogP contribution is -2.41. The number of carbonyl (C=O) groups excluding carboxylic acids is 1. The van der Waals surface area contributed by atoms with E-state index in [4.69, 9.17) is 14.2 Å². The SMILES string of the molecule is COc1ccc(CC(=O)N2CCOCC2)c(OC)c1. The van der Waals surface area contributed by atoms with Gasteiger partial charge in [-0.15, -0.1) is 0 Å². The van der Waals surface area contributed by atoms with Gasteiger partial charge in [0.2, 0.25) is 5.91 Å². The lowest BCUT2D eigenvalue weighted by atomic mass is 10.1. The first-order valence-corrected chi connectivity index (χ1v) is 6.31. The molecule has 0 bridgehead atoms. The van der Waals surface area contributed by atoms with E-state index >= 15 is 0 Å². The molecule has 5 nitrogen and oxygen atoms in total. The number of hydrogen-bond acceptors (Lipinski definition) is 4. The first-order chi connectivity index (χ1) is 9.24. The zero-order valence-corrected chi connectivity index (χ0v) is 11.3. The highest BCUT2D eigenvalue weighted by Crippen LogP contribution is 2.25. The van der Waals surface area contributed by atoms with E-state index in [2.05, 4.69) is 0 Å². The van der Waals surface area contributed by atoms with Gasteiger partial charge in [-0.25, -0.2) is 0 Å². The Labute approximate surface area is 113 Å². The molecule has 0 aromatic heterocycles. The number of morpholine rings is 1. The molecule has 1 saturated heterocycles. The second-order valence-corrected chi connectivity index (χ2v) is 4.35. The van der Waals surface area contributed by atoms with Gasteiger partial charge in [0.1, 0.15) is 11.5 Å². The summed E-state index contributed by atoms with van der Waals surface area (Å²) in [6.45, 7) is 2.56. The quantitative estimate of drug-likeness (QED) is 0.818. The van der Waals surface area contributed by atoms with Gasteiger partial charge in [0.05, 0.1) is 33.9 Å². The van der Waals surface area contributed by atoms with Crippen LogP contribution < -0.4 is 9.47 Å². The van der Waals surface area contributed by atoms with Crippen molar-refractivity contribution in [3.05, 3.63) is 23.8 Å². The van der Waals surface area contributed by atoms with Gasteiger partial charge >= 0.3 is 0 Å². The normalized spacial score (nSPS) is 15.2. The minimum absolute atomic E-state index is 0.103. The molecule has 1 fully saturated rings. The lowest BCUT2D eigenvalue weighted by Gasteiger charge is -2.27. The molecule has 104 valence electrons. The number of methoxy groups -OCH3 is 2. The Kier molecular flexibility index (Phi) is 4.63. The molecule has 1 aromatic rings. The first kappa shape index (κ1) is 13.7. The van der Waals surface area contributed by atoms with Crippen LogP contribution in [0.2, 0.25) is 0 Å². The highest BCUT2D eigenvalue weighted by molar-refractivity contribution is 5.79. The third-order valence-corrected chi connectivity index (χ3v) is 3.20. The number of ether oxygens (including phenoxy) is 3. The second-order valence-electron chi connectivity index (χ2n) is 4.35. The Bertz CT molecular complexity index is 441. The predicted molar refractivity (Wildman–Crippen MR) is 70.6 cm³/mol. The van der Waals surface area contributed by atoms with Crippen LogP contribution in [0.15, 0.2) is 18.2 Å². The number of amides is 1. The summed E-state index contributed by atoms with van der Waals surface area (Å²) in [5, 5.41) is 0. The average Bonchev–Trinajstić information content (AvgIpc) is 2.48. The number of nitrogens with zero attached hydrogens (tertiary/aromatic N) is 1. The lowest BCUT2D eigenvalue weighted by molar-refractivity contribution is -0.134. The largest absolute Gasteiger partial charge is 0.497 e. The maximum absolute atomic E-state index is 12.2. The Balaban J connectivity index is 2.07. The molecule has 19 heavy (non-hydrogen) atoms. The molecule has 1 amide bonds. The van der Waals surface area contributed by atoms with E-state index < -0.39 is 0 Å². The zero-order valence-electron chi connectivity index (χ0n) is 11.3. The molecule has 2 rings (SSSR count). The van der Waals surface area contributed by atoms with Gasteiger partial charge in [-0.1, -0.05) is 6.07 Å². The standard InChI is InChI=1S/C14H19NO4/c1-17-12-4-3-11(13(10-12)18-2)9-14(16)15-5-7-19-8-6-15/h3-4,10H,5-9H2,1-2H3. The summed E-state index contributed by atoms with van der Waals surface area (Å²) in [6, 6.07) is 5.50. The summed E-state index contributed by atoms with van der Waals surface area (Å²) in [5.74, 6) is 1.51. The molecule has 5 heteroatoms. The van der Waals surface area contributed by atoms with Crippen LogP contribution in [-0.2, 0) is 16.0 Å². The van der Waals surface area contributed by atoms with Crippen molar-refractivity contribution in [2.24, 2.45) is 0 Å². The van der Waals surface area contributed by atoms with Crippen molar-refractivity contribution in [1.82, 2.24) is 4.90 Å². The Morgan fingerprint density at radius 1 is 1.26 bits per heavy atom. The van der Waals surface area contributed by atoms with Crippen LogP contribution in [0.3, 0.4) is 0 Å². The number of rotatable bonds is 4. The Morgan fingerprint density at radius 2 is 2.00 bits per heavy atom. The van der Waals surface area contributed by atoms with Crippen molar-refractivity contribution < 1.29 is 19.0 Å². The maximum atomic E-state index is 12.2. The smallest absolute Gasteiger partial charge is 0.227 e. The monoisotopic (exact) mass is 265 g/mol. The fraction of sp³-hybridized carbons (Fsp3) is 0.500. The van der Waals surface area contributed by atoms with E-state index in [-0.39, 0.29) is 5.91 Å². The van der Waals surface area contributed by atoms with Crippen LogP contribution in [0.4, 0.5) is 0 Å². The second kappa shape index (κ2) is 6.43. The van der Waals surface area contributed by atoms with Crippen LogP contribution in [-0.4, -0.2) is 51.3 Å². The van der Waals surface area contributed by atoms with Crippen molar-refractivity contribution in [1.29, 1.82) is 0 Å². The van der Waals surface area contributed by atoms with Crippen LogP contribution in [0.5, 0.6) is 11.5 Å². The first-order valence-electron chi connectivity index (χ1n) is 6.31. The number of carbonyl (C=O) groups is 1. The summed E-state index contributed by atoms with van der Waals surface area (Å²) >= 11 is 0. The molecule has 0 unspecified atom stereocenters. The van der Waals surface area contributed by atoms with Gasteiger partial charge in [0, 0.05) is 24.7 Å². The van der Waals surface area contributed by atoms with Gasteiger partial charge in [-0.3, -0.25) is 4.79 Å². The molecule has 1 aliphatic rings. The van der Waals surface area contributed by atoms with E-state index in [0.717, 1.165) is 11.3 Å². The molecule has 1 aromatic carbocycles. The van der Waals surface area contributed by atoms with E-state index in [1.165, 1.54) is 0 Å². The van der Waals surface area contributed by atoms with Crippen LogP contribution >= 0.6 is 0 Å². The minimum atomic E-state index is 0.103. The van der Waals surface area contributed by atoms with Crippen molar-refractivity contribution in [2.45, 2.75) is 6.42 Å². The highest BCUT2D eigenvalue weighted by Gasteiger charge is 2.18. The van der Waals surface area contributed by atoms with Gasteiger partial charge in [-0.05, 0) is 6.07 Å². The molecule has 1 aliphatic heterocycles. The van der Waals surface area contributed by atoms with Gasteiger partial charge < -0.3 is 19.1 Å². The summed E-state index contributed by atoms with van der Waals surface area (Å²) in [7, 11) is 3.20. The topological polar surface area (TPSA) is 48.0 Å². The average molecular weight is 265 g/mol. The third-order valence-electron chi connectivity index (χ3n) is 3.20. The Hall–Kier alpha value is -1.75. The van der Waals surface area contributed by atoms with E-state index in [9.17, 15) is 4.79 Å². The van der Waals surface area contributed by atoms with E-state index in [0.29, 0.717) is 38.5 Å². The third kappa shape index (κ3) is 3.38. The summed E-state index contributed by atoms with van der Waals surface area (Å²) in [5.41, 5.74) is 0.875. The van der Waals surface area contributed by atoms with E-state index in [1.807, 2.05) is 17.0 Å². The Morgan fingerprint density at radius 3 is 2.63 bits per heavy atom. The van der Waals surface area contributed by atoms with Crippen molar-refractivity contribution in [3.63, 3.8) is 0 Å². The number of hydrogen-bond donors (Lipinski definition) is 0. The van der Waals surface area contributed by atoms with Crippen LogP contribution in [0, 0.1) is 0 Å². The molecule has 0 atom stereocenters. The molecule has 0 N–H and O–H groups in total. The van der Waals surface area contributed by atoms with E-state index in [1.54, 1.807) is 20.3 Å². The summed E-state index contributed by atoms with van der Waals surface area (Å²) < 4.78 is 15.7. The van der Waals surface area contributed by atoms with Gasteiger partial charge in [0.15, 0.2) is 0 Å². The van der Waals surface area contributed by atoms with Crippen molar-refractivity contribution >= 4 is 5.91 Å². The summed E-state index contributed by atoms with van der Waals surface area (Å²) in [4.78, 5) is 14.0. The van der Waals surface area contributed by atoms with Crippen molar-refractivity contribution in [2.75, 3.05) is 40.5 Å². The fourth-order valence-electron chi connectivity index (χ4n) is 2.09. The predicted octanol–water partition coefficient (Wildman–Crippen LogP) is 1.11. The molecule has 0 radical (unpaired) electrons. The summed E-state index contributed by atoms with van der Waals surface area (Å²) in [6.07, 6.45) is 0.340. The zero-order chi connectivity index (χ0) is 13.7. The molecule has 0 saturated carbocycles. The van der Waals surface area contributed by atoms with Crippen LogP contribution in [0.1, 0.15) is 5.56 Å². The molecular weight excluding hydrogens is 246 g/mol. The molecule has 0 spiro atoms. The highest BCUT2D eigenvalue weighted by atomic mass is 16.5. The van der Waals surface area contributed by atoms with Gasteiger partial charge in [-0.2, -0.15) is 0 Å². The fourth-order valence-corrected chi connectivity index (χ4v) is 2.09. The van der Waals surface area contributed by atoms with Gasteiger partial charge in [0.25, 0.3) is 0 Å².